The molecule has 0 aliphatic rings. The molecule has 1 nitrogen and oxygen atoms in total. The van der Waals surface area contributed by atoms with Crippen molar-refractivity contribution in [3.63, 3.8) is 0 Å². The van der Waals surface area contributed by atoms with E-state index in [1.165, 1.54) is 49.8 Å². The van der Waals surface area contributed by atoms with Crippen LogP contribution in [0.1, 0.15) is 12.5 Å². The molecule has 0 fully saturated rings. The minimum Gasteiger partial charge on any atom is -0.309 e. The molecule has 0 aliphatic heterocycles. The highest BCUT2D eigenvalue weighted by Crippen LogP contribution is 2.38. The summed E-state index contributed by atoms with van der Waals surface area (Å²) in [6.45, 7) is 2.10. The highest BCUT2D eigenvalue weighted by molar-refractivity contribution is 6.13. The Morgan fingerprint density at radius 1 is 0.781 bits per heavy atom. The van der Waals surface area contributed by atoms with E-state index < -0.39 is 0 Å². The highest BCUT2D eigenvalue weighted by Gasteiger charge is 2.15. The standard InChI is InChI=1S/C31H23N/c1-3-4-6-12-23(2)24-19-21-25(22-20-24)27-16-11-17-29-28-15-9-10-18-30(28)32(31(27)29)26-13-7-5-8-14-26/h1,4-22H,2H3/b6-4-,23-12+. The van der Waals surface area contributed by atoms with E-state index in [1.54, 1.807) is 6.08 Å². The van der Waals surface area contributed by atoms with E-state index in [0.29, 0.717) is 0 Å². The molecule has 5 rings (SSSR count). The number of allylic oxidation sites excluding steroid dienone is 4. The van der Waals surface area contributed by atoms with Crippen LogP contribution in [0.5, 0.6) is 0 Å². The van der Waals surface area contributed by atoms with Crippen molar-refractivity contribution in [3.8, 4) is 29.2 Å². The summed E-state index contributed by atoms with van der Waals surface area (Å²) in [4.78, 5) is 0. The lowest BCUT2D eigenvalue weighted by Gasteiger charge is -2.12. The quantitative estimate of drug-likeness (QED) is 0.209. The summed E-state index contributed by atoms with van der Waals surface area (Å²) < 4.78 is 2.38. The van der Waals surface area contributed by atoms with Gasteiger partial charge in [-0.05, 0) is 47.9 Å². The van der Waals surface area contributed by atoms with Crippen molar-refractivity contribution in [2.24, 2.45) is 0 Å². The molecular weight excluding hydrogens is 386 g/mol. The topological polar surface area (TPSA) is 4.93 Å². The second-order valence-corrected chi connectivity index (χ2v) is 7.84. The van der Waals surface area contributed by atoms with Gasteiger partial charge in [-0.25, -0.2) is 0 Å². The summed E-state index contributed by atoms with van der Waals surface area (Å²) >= 11 is 0. The van der Waals surface area contributed by atoms with E-state index in [0.717, 1.165) is 0 Å². The number of benzene rings is 4. The lowest BCUT2D eigenvalue weighted by Crippen LogP contribution is -1.95. The van der Waals surface area contributed by atoms with Crippen molar-refractivity contribution in [3.05, 3.63) is 121 Å². The Labute approximate surface area is 189 Å². The van der Waals surface area contributed by atoms with Crippen LogP contribution in [0.2, 0.25) is 0 Å². The number of hydrogen-bond acceptors (Lipinski definition) is 0. The predicted octanol–water partition coefficient (Wildman–Crippen LogP) is 8.04. The summed E-state index contributed by atoms with van der Waals surface area (Å²) in [6, 6.07) is 34.6. The second kappa shape index (κ2) is 8.46. The minimum absolute atomic E-state index is 1.17. The number of aromatic nitrogens is 1. The first-order valence-electron chi connectivity index (χ1n) is 10.8. The number of rotatable bonds is 4. The van der Waals surface area contributed by atoms with Crippen molar-refractivity contribution in [2.75, 3.05) is 0 Å². The third-order valence-electron chi connectivity index (χ3n) is 5.90. The van der Waals surface area contributed by atoms with E-state index in [1.807, 2.05) is 12.2 Å². The van der Waals surface area contributed by atoms with Crippen LogP contribution in [0.25, 0.3) is 44.2 Å². The van der Waals surface area contributed by atoms with E-state index >= 15 is 0 Å². The molecule has 0 bridgehead atoms. The van der Waals surface area contributed by atoms with Crippen LogP contribution in [-0.2, 0) is 0 Å². The third-order valence-corrected chi connectivity index (χ3v) is 5.90. The van der Waals surface area contributed by atoms with Crippen molar-refractivity contribution >= 4 is 27.4 Å². The van der Waals surface area contributed by atoms with Gasteiger partial charge in [-0.2, -0.15) is 0 Å². The molecule has 1 heteroatoms. The molecule has 0 atom stereocenters. The molecule has 0 unspecified atom stereocenters. The summed E-state index contributed by atoms with van der Waals surface area (Å²) in [5.74, 6) is 2.52. The van der Waals surface area contributed by atoms with Crippen LogP contribution in [0.15, 0.2) is 115 Å². The fraction of sp³-hybridized carbons (Fsp3) is 0.0323. The maximum absolute atomic E-state index is 5.30. The lowest BCUT2D eigenvalue weighted by atomic mass is 9.98. The SMILES string of the molecule is C#C/C=C\C=C(/C)c1ccc(-c2cccc3c4ccccc4n(-c4ccccc4)c23)cc1. The molecule has 5 aromatic rings. The van der Waals surface area contributed by atoms with Crippen molar-refractivity contribution in [1.29, 1.82) is 0 Å². The van der Waals surface area contributed by atoms with E-state index in [9.17, 15) is 0 Å². The van der Waals surface area contributed by atoms with Crippen molar-refractivity contribution in [1.82, 2.24) is 4.57 Å². The van der Waals surface area contributed by atoms with Gasteiger partial charge in [-0.15, -0.1) is 6.42 Å². The average molecular weight is 410 g/mol. The Hall–Kier alpha value is -4.28. The van der Waals surface area contributed by atoms with Gasteiger partial charge in [0.25, 0.3) is 0 Å². The second-order valence-electron chi connectivity index (χ2n) is 7.84. The zero-order chi connectivity index (χ0) is 21.9. The van der Waals surface area contributed by atoms with Crippen LogP contribution in [0.3, 0.4) is 0 Å². The average Bonchev–Trinajstić information content (AvgIpc) is 3.19. The fourth-order valence-electron chi connectivity index (χ4n) is 4.35. The van der Waals surface area contributed by atoms with Gasteiger partial charge in [-0.3, -0.25) is 0 Å². The molecule has 0 N–H and O–H groups in total. The van der Waals surface area contributed by atoms with Crippen LogP contribution in [0, 0.1) is 12.3 Å². The monoisotopic (exact) mass is 409 g/mol. The Bertz CT molecular complexity index is 1500. The first-order valence-corrected chi connectivity index (χ1v) is 10.8. The maximum Gasteiger partial charge on any atom is 0.0619 e. The van der Waals surface area contributed by atoms with Gasteiger partial charge < -0.3 is 4.57 Å². The van der Waals surface area contributed by atoms with E-state index in [-0.39, 0.29) is 0 Å². The largest absolute Gasteiger partial charge is 0.309 e. The Morgan fingerprint density at radius 2 is 1.50 bits per heavy atom. The fourth-order valence-corrected chi connectivity index (χ4v) is 4.35. The minimum atomic E-state index is 1.17. The zero-order valence-corrected chi connectivity index (χ0v) is 18.0. The zero-order valence-electron chi connectivity index (χ0n) is 18.0. The van der Waals surface area contributed by atoms with Gasteiger partial charge in [0.1, 0.15) is 0 Å². The Kier molecular flexibility index (Phi) is 5.20. The van der Waals surface area contributed by atoms with Gasteiger partial charge in [-0.1, -0.05) is 96.9 Å². The number of terminal acetylenes is 1. The molecule has 0 radical (unpaired) electrons. The third kappa shape index (κ3) is 3.43. The normalized spacial score (nSPS) is 11.9. The number of hydrogen-bond donors (Lipinski definition) is 0. The van der Waals surface area contributed by atoms with Crippen LogP contribution in [0.4, 0.5) is 0 Å². The van der Waals surface area contributed by atoms with Crippen molar-refractivity contribution < 1.29 is 0 Å². The molecule has 4 aromatic carbocycles. The highest BCUT2D eigenvalue weighted by atomic mass is 15.0. The summed E-state index contributed by atoms with van der Waals surface area (Å²) in [7, 11) is 0. The summed E-state index contributed by atoms with van der Waals surface area (Å²) in [6.07, 6.45) is 11.0. The van der Waals surface area contributed by atoms with Crippen LogP contribution < -0.4 is 0 Å². The maximum atomic E-state index is 5.30. The molecule has 0 amide bonds. The van der Waals surface area contributed by atoms with E-state index in [4.69, 9.17) is 6.42 Å². The first kappa shape index (κ1) is 19.7. The Balaban J connectivity index is 1.72. The molecule has 32 heavy (non-hydrogen) atoms. The summed E-state index contributed by atoms with van der Waals surface area (Å²) in [5, 5.41) is 2.53. The number of para-hydroxylation sites is 3. The molecule has 0 spiro atoms. The molecule has 0 saturated carbocycles. The van der Waals surface area contributed by atoms with Gasteiger partial charge in [0, 0.05) is 22.0 Å². The molecule has 152 valence electrons. The predicted molar refractivity (Wildman–Crippen MR) is 138 cm³/mol. The summed E-state index contributed by atoms with van der Waals surface area (Å²) in [5.41, 5.74) is 8.41. The number of nitrogens with zero attached hydrogens (tertiary/aromatic N) is 1. The molecule has 0 aliphatic carbocycles. The van der Waals surface area contributed by atoms with Gasteiger partial charge in [0.2, 0.25) is 0 Å². The lowest BCUT2D eigenvalue weighted by molar-refractivity contribution is 1.18. The van der Waals surface area contributed by atoms with Crippen LogP contribution in [-0.4, -0.2) is 4.57 Å². The van der Waals surface area contributed by atoms with Gasteiger partial charge >= 0.3 is 0 Å². The molecule has 1 heterocycles. The molecule has 0 saturated heterocycles. The first-order chi connectivity index (χ1) is 15.8. The molecule has 1 aromatic heterocycles. The Morgan fingerprint density at radius 3 is 2.28 bits per heavy atom. The van der Waals surface area contributed by atoms with Crippen LogP contribution >= 0.6 is 0 Å². The van der Waals surface area contributed by atoms with Gasteiger partial charge in [0.05, 0.1) is 11.0 Å². The van der Waals surface area contributed by atoms with Gasteiger partial charge in [0.15, 0.2) is 0 Å². The number of fused-ring (bicyclic) bond motifs is 3. The van der Waals surface area contributed by atoms with E-state index in [2.05, 4.69) is 114 Å². The molecular formula is C31H23N. The smallest absolute Gasteiger partial charge is 0.0619 e. The van der Waals surface area contributed by atoms with Crippen molar-refractivity contribution in [2.45, 2.75) is 6.92 Å².